The van der Waals surface area contributed by atoms with Gasteiger partial charge in [0, 0.05) is 17.5 Å². The number of hydrogen-bond acceptors (Lipinski definition) is 3. The highest BCUT2D eigenvalue weighted by Gasteiger charge is 2.13. The van der Waals surface area contributed by atoms with Gasteiger partial charge in [-0.15, -0.1) is 11.3 Å². The maximum Gasteiger partial charge on any atom is 0.0900 e. The van der Waals surface area contributed by atoms with Gasteiger partial charge in [0.05, 0.1) is 10.7 Å². The standard InChI is InChI=1S/C18H24N2S/c1-12(16-8-7-15-5-4-6-17(15)11-16)19-10-9-18-13(2)20-14(3)21-18/h7-8,11-12,19H,4-6,9-10H2,1-3H3. The van der Waals surface area contributed by atoms with Gasteiger partial charge < -0.3 is 5.32 Å². The van der Waals surface area contributed by atoms with Crippen LogP contribution in [0.1, 0.15) is 51.7 Å². The van der Waals surface area contributed by atoms with E-state index in [4.69, 9.17) is 0 Å². The van der Waals surface area contributed by atoms with Crippen LogP contribution in [0.3, 0.4) is 0 Å². The summed E-state index contributed by atoms with van der Waals surface area (Å²) in [6, 6.07) is 7.45. The molecule has 0 bridgehead atoms. The average molecular weight is 300 g/mol. The topological polar surface area (TPSA) is 24.9 Å². The largest absolute Gasteiger partial charge is 0.310 e. The van der Waals surface area contributed by atoms with Crippen molar-refractivity contribution in [1.82, 2.24) is 10.3 Å². The summed E-state index contributed by atoms with van der Waals surface area (Å²) in [4.78, 5) is 5.91. The number of fused-ring (bicyclic) bond motifs is 1. The zero-order chi connectivity index (χ0) is 14.8. The molecule has 1 aromatic heterocycles. The molecule has 1 N–H and O–H groups in total. The van der Waals surface area contributed by atoms with Crippen molar-refractivity contribution in [2.75, 3.05) is 6.54 Å². The molecule has 3 heteroatoms. The number of thiazole rings is 1. The van der Waals surface area contributed by atoms with Crippen LogP contribution >= 0.6 is 11.3 Å². The van der Waals surface area contributed by atoms with Gasteiger partial charge in [-0.1, -0.05) is 18.2 Å². The summed E-state index contributed by atoms with van der Waals surface area (Å²) in [6.45, 7) is 7.48. The Hall–Kier alpha value is -1.19. The molecule has 1 unspecified atom stereocenters. The molecule has 0 spiro atoms. The van der Waals surface area contributed by atoms with Gasteiger partial charge in [-0.2, -0.15) is 0 Å². The molecule has 112 valence electrons. The Bertz CT molecular complexity index is 630. The molecule has 0 saturated carbocycles. The van der Waals surface area contributed by atoms with E-state index in [-0.39, 0.29) is 0 Å². The number of aryl methyl sites for hydroxylation is 4. The van der Waals surface area contributed by atoms with Crippen molar-refractivity contribution in [3.63, 3.8) is 0 Å². The molecule has 21 heavy (non-hydrogen) atoms. The van der Waals surface area contributed by atoms with E-state index < -0.39 is 0 Å². The van der Waals surface area contributed by atoms with Crippen molar-refractivity contribution in [2.24, 2.45) is 0 Å². The van der Waals surface area contributed by atoms with E-state index in [0.29, 0.717) is 6.04 Å². The fraction of sp³-hybridized carbons (Fsp3) is 0.500. The summed E-state index contributed by atoms with van der Waals surface area (Å²) in [6.07, 6.45) is 4.92. The van der Waals surface area contributed by atoms with Crippen molar-refractivity contribution in [2.45, 2.75) is 52.5 Å². The highest BCUT2D eigenvalue weighted by atomic mass is 32.1. The lowest BCUT2D eigenvalue weighted by atomic mass is 10.0. The lowest BCUT2D eigenvalue weighted by Gasteiger charge is -2.15. The molecule has 1 aliphatic rings. The van der Waals surface area contributed by atoms with Crippen LogP contribution in [0.5, 0.6) is 0 Å². The van der Waals surface area contributed by atoms with E-state index >= 15 is 0 Å². The first-order valence-electron chi connectivity index (χ1n) is 7.91. The highest BCUT2D eigenvalue weighted by Crippen LogP contribution is 2.25. The summed E-state index contributed by atoms with van der Waals surface area (Å²) >= 11 is 1.83. The Kier molecular flexibility index (Phi) is 4.41. The highest BCUT2D eigenvalue weighted by molar-refractivity contribution is 7.11. The van der Waals surface area contributed by atoms with E-state index in [9.17, 15) is 0 Å². The van der Waals surface area contributed by atoms with Crippen molar-refractivity contribution in [3.05, 3.63) is 50.5 Å². The third kappa shape index (κ3) is 3.35. The van der Waals surface area contributed by atoms with E-state index in [1.807, 2.05) is 11.3 Å². The summed E-state index contributed by atoms with van der Waals surface area (Å²) < 4.78 is 0. The first kappa shape index (κ1) is 14.7. The first-order valence-corrected chi connectivity index (χ1v) is 8.73. The van der Waals surface area contributed by atoms with Crippen LogP contribution in [0.4, 0.5) is 0 Å². The predicted octanol–water partition coefficient (Wildman–Crippen LogP) is 4.14. The van der Waals surface area contributed by atoms with Gasteiger partial charge in [-0.25, -0.2) is 4.98 Å². The van der Waals surface area contributed by atoms with Gasteiger partial charge >= 0.3 is 0 Å². The molecular formula is C18H24N2S. The molecule has 0 radical (unpaired) electrons. The molecule has 1 aromatic carbocycles. The maximum absolute atomic E-state index is 4.50. The van der Waals surface area contributed by atoms with Gasteiger partial charge in [0.25, 0.3) is 0 Å². The summed E-state index contributed by atoms with van der Waals surface area (Å²) in [5, 5.41) is 4.83. The van der Waals surface area contributed by atoms with Gasteiger partial charge in [0.1, 0.15) is 0 Å². The Balaban J connectivity index is 1.57. The van der Waals surface area contributed by atoms with Crippen molar-refractivity contribution >= 4 is 11.3 Å². The van der Waals surface area contributed by atoms with Crippen LogP contribution in [-0.4, -0.2) is 11.5 Å². The molecule has 3 rings (SSSR count). The molecule has 0 fully saturated rings. The molecular weight excluding hydrogens is 276 g/mol. The van der Waals surface area contributed by atoms with Crippen LogP contribution in [0.2, 0.25) is 0 Å². The van der Waals surface area contributed by atoms with E-state index in [0.717, 1.165) is 13.0 Å². The zero-order valence-corrected chi connectivity index (χ0v) is 14.0. The third-order valence-electron chi connectivity index (χ3n) is 4.42. The van der Waals surface area contributed by atoms with Gasteiger partial charge in [0.15, 0.2) is 0 Å². The Morgan fingerprint density at radius 1 is 1.24 bits per heavy atom. The molecule has 0 amide bonds. The smallest absolute Gasteiger partial charge is 0.0900 e. The van der Waals surface area contributed by atoms with Crippen LogP contribution in [0.15, 0.2) is 18.2 Å². The minimum atomic E-state index is 0.422. The third-order valence-corrected chi connectivity index (χ3v) is 5.56. The molecule has 2 aromatic rings. The second-order valence-corrected chi connectivity index (χ2v) is 7.34. The lowest BCUT2D eigenvalue weighted by Crippen LogP contribution is -2.21. The second-order valence-electron chi connectivity index (χ2n) is 6.05. The predicted molar refractivity (Wildman–Crippen MR) is 90.2 cm³/mol. The van der Waals surface area contributed by atoms with Crippen LogP contribution < -0.4 is 5.32 Å². The van der Waals surface area contributed by atoms with Crippen molar-refractivity contribution < 1.29 is 0 Å². The van der Waals surface area contributed by atoms with E-state index in [1.54, 1.807) is 11.1 Å². The molecule has 1 heterocycles. The van der Waals surface area contributed by atoms with Gasteiger partial charge in [-0.05, 0) is 63.1 Å². The Labute approximate surface area is 131 Å². The SMILES string of the molecule is Cc1nc(C)c(CCNC(C)c2ccc3c(c2)CCC3)s1. The number of nitrogens with one attached hydrogen (secondary N) is 1. The monoisotopic (exact) mass is 300 g/mol. The first-order chi connectivity index (χ1) is 10.1. The number of benzene rings is 1. The summed E-state index contributed by atoms with van der Waals surface area (Å²) in [5.74, 6) is 0. The van der Waals surface area contributed by atoms with Gasteiger partial charge in [-0.3, -0.25) is 0 Å². The number of rotatable bonds is 5. The number of hydrogen-bond donors (Lipinski definition) is 1. The quantitative estimate of drug-likeness (QED) is 0.897. The molecule has 1 aliphatic carbocycles. The van der Waals surface area contributed by atoms with Crippen LogP contribution in [-0.2, 0) is 19.3 Å². The van der Waals surface area contributed by atoms with Crippen molar-refractivity contribution in [1.29, 1.82) is 0 Å². The maximum atomic E-state index is 4.50. The second kappa shape index (κ2) is 6.29. The average Bonchev–Trinajstić information content (AvgIpc) is 3.04. The van der Waals surface area contributed by atoms with Crippen LogP contribution in [0.25, 0.3) is 0 Å². The lowest BCUT2D eigenvalue weighted by molar-refractivity contribution is 0.577. The summed E-state index contributed by atoms with van der Waals surface area (Å²) in [5.41, 5.74) is 5.74. The van der Waals surface area contributed by atoms with Crippen molar-refractivity contribution in [3.8, 4) is 0 Å². The number of aromatic nitrogens is 1. The molecule has 1 atom stereocenters. The molecule has 2 nitrogen and oxygen atoms in total. The minimum absolute atomic E-state index is 0.422. The van der Waals surface area contributed by atoms with E-state index in [1.165, 1.54) is 40.4 Å². The fourth-order valence-electron chi connectivity index (χ4n) is 3.19. The zero-order valence-electron chi connectivity index (χ0n) is 13.2. The minimum Gasteiger partial charge on any atom is -0.310 e. The fourth-order valence-corrected chi connectivity index (χ4v) is 4.12. The Morgan fingerprint density at radius 2 is 2.05 bits per heavy atom. The molecule has 0 aliphatic heterocycles. The van der Waals surface area contributed by atoms with Gasteiger partial charge in [0.2, 0.25) is 0 Å². The summed E-state index contributed by atoms with van der Waals surface area (Å²) in [7, 11) is 0. The van der Waals surface area contributed by atoms with Crippen LogP contribution in [0, 0.1) is 13.8 Å². The normalized spacial score (nSPS) is 15.2. The Morgan fingerprint density at radius 3 is 2.81 bits per heavy atom. The van der Waals surface area contributed by atoms with E-state index in [2.05, 4.69) is 49.3 Å². The molecule has 0 saturated heterocycles. The number of nitrogens with zero attached hydrogens (tertiary/aromatic N) is 1.